The van der Waals surface area contributed by atoms with Gasteiger partial charge in [-0.2, -0.15) is 4.31 Å². The van der Waals surface area contributed by atoms with E-state index in [9.17, 15) is 13.2 Å². The first-order chi connectivity index (χ1) is 11.2. The Balaban J connectivity index is 2.29. The first-order valence-electron chi connectivity index (χ1n) is 8.27. The summed E-state index contributed by atoms with van der Waals surface area (Å²) in [6.07, 6.45) is 0.885. The molecule has 1 amide bonds. The van der Waals surface area contributed by atoms with Crippen molar-refractivity contribution < 1.29 is 13.2 Å². The van der Waals surface area contributed by atoms with Gasteiger partial charge >= 0.3 is 0 Å². The van der Waals surface area contributed by atoms with Gasteiger partial charge in [0.1, 0.15) is 0 Å². The maximum atomic E-state index is 12.8. The van der Waals surface area contributed by atoms with Gasteiger partial charge in [-0.1, -0.05) is 6.07 Å². The molecule has 1 aliphatic heterocycles. The number of nitrogens with two attached hydrogens (primary N) is 1. The van der Waals surface area contributed by atoms with Crippen molar-refractivity contribution in [3.05, 3.63) is 29.8 Å². The Morgan fingerprint density at radius 2 is 2.08 bits per heavy atom. The van der Waals surface area contributed by atoms with Crippen LogP contribution in [0.15, 0.2) is 29.2 Å². The van der Waals surface area contributed by atoms with Crippen LogP contribution in [0, 0.1) is 5.92 Å². The van der Waals surface area contributed by atoms with Crippen LogP contribution in [0.2, 0.25) is 0 Å². The lowest BCUT2D eigenvalue weighted by molar-refractivity contribution is 0.0743. The third-order valence-electron chi connectivity index (χ3n) is 4.74. The molecular weight excluding hydrogens is 326 g/mol. The molecule has 1 aromatic rings. The van der Waals surface area contributed by atoms with E-state index in [-0.39, 0.29) is 22.9 Å². The molecule has 0 saturated carbocycles. The lowest BCUT2D eigenvalue weighted by Gasteiger charge is -2.23. The average Bonchev–Trinajstić information content (AvgIpc) is 2.94. The van der Waals surface area contributed by atoms with Gasteiger partial charge < -0.3 is 10.6 Å². The number of benzene rings is 1. The second-order valence-corrected chi connectivity index (χ2v) is 8.78. The first kappa shape index (κ1) is 18.9. The van der Waals surface area contributed by atoms with Gasteiger partial charge in [0, 0.05) is 31.2 Å². The summed E-state index contributed by atoms with van der Waals surface area (Å²) in [5.74, 6) is 0.172. The fourth-order valence-electron chi connectivity index (χ4n) is 3.00. The van der Waals surface area contributed by atoms with Crippen molar-refractivity contribution in [3.8, 4) is 0 Å². The summed E-state index contributed by atoms with van der Waals surface area (Å²) in [5.41, 5.74) is 6.12. The number of sulfonamides is 1. The highest BCUT2D eigenvalue weighted by atomic mass is 32.2. The van der Waals surface area contributed by atoms with Crippen molar-refractivity contribution in [1.29, 1.82) is 0 Å². The second kappa shape index (κ2) is 7.21. The smallest absolute Gasteiger partial charge is 0.254 e. The molecule has 1 saturated heterocycles. The Morgan fingerprint density at radius 1 is 1.42 bits per heavy atom. The number of likely N-dealkylation sites (tertiary alicyclic amines) is 1. The fraction of sp³-hybridized carbons (Fsp3) is 0.588. The number of nitrogens with zero attached hydrogens (tertiary/aromatic N) is 2. The Labute approximate surface area is 144 Å². The average molecular weight is 353 g/mol. The van der Waals surface area contributed by atoms with Gasteiger partial charge in [0.05, 0.1) is 4.90 Å². The van der Waals surface area contributed by atoms with Crippen LogP contribution >= 0.6 is 0 Å². The molecule has 0 aromatic heterocycles. The zero-order valence-electron chi connectivity index (χ0n) is 14.8. The summed E-state index contributed by atoms with van der Waals surface area (Å²) in [7, 11) is -2.06. The zero-order valence-corrected chi connectivity index (χ0v) is 15.6. The van der Waals surface area contributed by atoms with Crippen LogP contribution in [0.3, 0.4) is 0 Å². The van der Waals surface area contributed by atoms with Crippen molar-refractivity contribution in [1.82, 2.24) is 9.21 Å². The van der Waals surface area contributed by atoms with E-state index in [0.717, 1.165) is 6.42 Å². The van der Waals surface area contributed by atoms with Crippen molar-refractivity contribution in [3.63, 3.8) is 0 Å². The Bertz CT molecular complexity index is 703. The minimum atomic E-state index is -3.60. The molecule has 6 nitrogen and oxygen atoms in total. The predicted octanol–water partition coefficient (Wildman–Crippen LogP) is 1.52. The number of carbonyl (C=O) groups excluding carboxylic acids is 1. The summed E-state index contributed by atoms with van der Waals surface area (Å²) in [5, 5.41) is 0. The first-order valence-corrected chi connectivity index (χ1v) is 9.71. The second-order valence-electron chi connectivity index (χ2n) is 6.79. The van der Waals surface area contributed by atoms with Gasteiger partial charge in [-0.15, -0.1) is 0 Å². The normalized spacial score (nSPS) is 21.7. The van der Waals surface area contributed by atoms with E-state index in [0.29, 0.717) is 24.6 Å². The van der Waals surface area contributed by atoms with Crippen LogP contribution in [-0.4, -0.2) is 55.8 Å². The number of hydrogen-bond acceptors (Lipinski definition) is 4. The number of rotatable bonds is 5. The molecule has 1 fully saturated rings. The van der Waals surface area contributed by atoms with Crippen LogP contribution in [0.25, 0.3) is 0 Å². The van der Waals surface area contributed by atoms with Gasteiger partial charge in [0.2, 0.25) is 10.0 Å². The molecule has 0 aliphatic carbocycles. The lowest BCUT2D eigenvalue weighted by atomic mass is 10.1. The topological polar surface area (TPSA) is 83.7 Å². The van der Waals surface area contributed by atoms with Crippen LogP contribution in [0.1, 0.15) is 37.6 Å². The van der Waals surface area contributed by atoms with E-state index in [1.807, 2.05) is 20.8 Å². The number of amides is 1. The molecule has 2 unspecified atom stereocenters. The van der Waals surface area contributed by atoms with Crippen molar-refractivity contribution >= 4 is 15.9 Å². The third kappa shape index (κ3) is 3.63. The maximum Gasteiger partial charge on any atom is 0.254 e. The summed E-state index contributed by atoms with van der Waals surface area (Å²) in [4.78, 5) is 14.7. The SMILES string of the molecule is CC1CC(CN)CN1C(=O)c1cccc(S(=O)(=O)N(C)C(C)C)c1. The van der Waals surface area contributed by atoms with E-state index in [1.165, 1.54) is 16.4 Å². The van der Waals surface area contributed by atoms with E-state index in [2.05, 4.69) is 0 Å². The highest BCUT2D eigenvalue weighted by Crippen LogP contribution is 2.25. The highest BCUT2D eigenvalue weighted by Gasteiger charge is 2.32. The van der Waals surface area contributed by atoms with Crippen molar-refractivity contribution in [2.45, 2.75) is 44.2 Å². The van der Waals surface area contributed by atoms with Crippen molar-refractivity contribution in [2.24, 2.45) is 11.7 Å². The van der Waals surface area contributed by atoms with Crippen LogP contribution < -0.4 is 5.73 Å². The standard InChI is InChI=1S/C17H27N3O3S/c1-12(2)19(4)24(22,23)16-7-5-6-15(9-16)17(21)20-11-14(10-18)8-13(20)3/h5-7,9,12-14H,8,10-11,18H2,1-4H3. The molecule has 7 heteroatoms. The molecule has 1 aromatic carbocycles. The molecule has 0 spiro atoms. The Kier molecular flexibility index (Phi) is 5.67. The molecule has 2 rings (SSSR count). The number of carbonyl (C=O) groups is 1. The molecule has 0 radical (unpaired) electrons. The molecule has 134 valence electrons. The van der Waals surface area contributed by atoms with Gasteiger partial charge in [-0.05, 0) is 57.9 Å². The monoisotopic (exact) mass is 353 g/mol. The molecule has 1 heterocycles. The summed E-state index contributed by atoms with van der Waals surface area (Å²) in [6, 6.07) is 6.25. The highest BCUT2D eigenvalue weighted by molar-refractivity contribution is 7.89. The summed E-state index contributed by atoms with van der Waals surface area (Å²) in [6.45, 7) is 6.80. The largest absolute Gasteiger partial charge is 0.336 e. The van der Waals surface area contributed by atoms with Crippen LogP contribution in [0.4, 0.5) is 0 Å². The summed E-state index contributed by atoms with van der Waals surface area (Å²) < 4.78 is 26.5. The molecule has 2 N–H and O–H groups in total. The zero-order chi connectivity index (χ0) is 18.1. The van der Waals surface area contributed by atoms with E-state index in [1.54, 1.807) is 24.1 Å². The lowest BCUT2D eigenvalue weighted by Crippen LogP contribution is -2.35. The number of hydrogen-bond donors (Lipinski definition) is 1. The molecule has 2 atom stereocenters. The van der Waals surface area contributed by atoms with Crippen LogP contribution in [-0.2, 0) is 10.0 Å². The summed E-state index contributed by atoms with van der Waals surface area (Å²) >= 11 is 0. The van der Waals surface area contributed by atoms with Crippen molar-refractivity contribution in [2.75, 3.05) is 20.1 Å². The predicted molar refractivity (Wildman–Crippen MR) is 94.2 cm³/mol. The van der Waals surface area contributed by atoms with Gasteiger partial charge in [0.25, 0.3) is 5.91 Å². The quantitative estimate of drug-likeness (QED) is 0.870. The molecular formula is C17H27N3O3S. The van der Waals surface area contributed by atoms with Crippen LogP contribution in [0.5, 0.6) is 0 Å². The van der Waals surface area contributed by atoms with Gasteiger partial charge in [-0.3, -0.25) is 4.79 Å². The van der Waals surface area contributed by atoms with E-state index < -0.39 is 10.0 Å². The Hall–Kier alpha value is -1.44. The minimum Gasteiger partial charge on any atom is -0.336 e. The Morgan fingerprint density at radius 3 is 2.62 bits per heavy atom. The molecule has 0 bridgehead atoms. The minimum absolute atomic E-state index is 0.115. The molecule has 24 heavy (non-hydrogen) atoms. The van der Waals surface area contributed by atoms with E-state index >= 15 is 0 Å². The van der Waals surface area contributed by atoms with E-state index in [4.69, 9.17) is 5.73 Å². The van der Waals surface area contributed by atoms with Gasteiger partial charge in [-0.25, -0.2) is 8.42 Å². The third-order valence-corrected chi connectivity index (χ3v) is 6.77. The van der Waals surface area contributed by atoms with Gasteiger partial charge in [0.15, 0.2) is 0 Å². The fourth-order valence-corrected chi connectivity index (χ4v) is 4.41. The maximum absolute atomic E-state index is 12.8. The molecule has 1 aliphatic rings.